The van der Waals surface area contributed by atoms with E-state index in [1.807, 2.05) is 24.4 Å². The molecule has 1 atom stereocenters. The van der Waals surface area contributed by atoms with Crippen LogP contribution >= 0.6 is 11.3 Å². The highest BCUT2D eigenvalue weighted by Crippen LogP contribution is 2.28. The predicted molar refractivity (Wildman–Crippen MR) is 80.6 cm³/mol. The summed E-state index contributed by atoms with van der Waals surface area (Å²) in [7, 11) is 0. The summed E-state index contributed by atoms with van der Waals surface area (Å²) in [6.45, 7) is 2.83. The number of nitrogens with one attached hydrogen (secondary N) is 1. The number of nitrogens with zero attached hydrogens (tertiary/aromatic N) is 1. The lowest BCUT2D eigenvalue weighted by Gasteiger charge is -2.19. The highest BCUT2D eigenvalue weighted by atomic mass is 32.1. The molecule has 2 rings (SSSR count). The van der Waals surface area contributed by atoms with Gasteiger partial charge < -0.3 is 5.32 Å². The van der Waals surface area contributed by atoms with Crippen LogP contribution in [0.4, 0.5) is 13.2 Å². The van der Waals surface area contributed by atoms with Crippen molar-refractivity contribution in [3.05, 3.63) is 29.3 Å². The summed E-state index contributed by atoms with van der Waals surface area (Å²) in [6.07, 6.45) is -1.48. The maximum Gasteiger partial charge on any atom is 0.389 e. The zero-order valence-electron chi connectivity index (χ0n) is 11.9. The fourth-order valence-electron chi connectivity index (χ4n) is 2.26. The molecule has 0 aliphatic rings. The molecule has 0 aliphatic heterocycles. The van der Waals surface area contributed by atoms with Crippen LogP contribution in [0.25, 0.3) is 10.2 Å². The second-order valence-electron chi connectivity index (χ2n) is 5.09. The second kappa shape index (κ2) is 7.22. The number of aromatic nitrogens is 1. The van der Waals surface area contributed by atoms with Gasteiger partial charge >= 0.3 is 6.18 Å². The molecule has 0 radical (unpaired) electrons. The molecule has 0 fully saturated rings. The lowest BCUT2D eigenvalue weighted by atomic mass is 10.0. The minimum Gasteiger partial charge on any atom is -0.310 e. The average Bonchev–Trinajstić information content (AvgIpc) is 2.88. The zero-order valence-corrected chi connectivity index (χ0v) is 12.7. The Hall–Kier alpha value is -1.14. The molecule has 0 saturated heterocycles. The Balaban J connectivity index is 2.06. The Morgan fingerprint density at radius 3 is 2.90 bits per heavy atom. The summed E-state index contributed by atoms with van der Waals surface area (Å²) < 4.78 is 38.0. The number of rotatable bonds is 7. The van der Waals surface area contributed by atoms with Crippen LogP contribution in [0, 0.1) is 0 Å². The summed E-state index contributed by atoms with van der Waals surface area (Å²) in [4.78, 5) is 4.38. The molecular formula is C15H19F3N2S. The molecule has 0 spiro atoms. The van der Waals surface area contributed by atoms with Crippen molar-refractivity contribution in [1.29, 1.82) is 0 Å². The molecule has 2 heterocycles. The highest BCUT2D eigenvalue weighted by Gasteiger charge is 2.27. The van der Waals surface area contributed by atoms with Gasteiger partial charge in [0.25, 0.3) is 0 Å². The number of pyridine rings is 1. The van der Waals surface area contributed by atoms with Gasteiger partial charge in [-0.15, -0.1) is 11.3 Å². The lowest BCUT2D eigenvalue weighted by Crippen LogP contribution is -2.23. The van der Waals surface area contributed by atoms with E-state index in [0.717, 1.165) is 28.7 Å². The highest BCUT2D eigenvalue weighted by molar-refractivity contribution is 7.17. The third-order valence-electron chi connectivity index (χ3n) is 3.32. The van der Waals surface area contributed by atoms with Crippen molar-refractivity contribution in [2.24, 2.45) is 0 Å². The van der Waals surface area contributed by atoms with Gasteiger partial charge in [0.05, 0.1) is 10.2 Å². The Labute approximate surface area is 126 Å². The van der Waals surface area contributed by atoms with E-state index in [1.54, 1.807) is 17.5 Å². The molecule has 1 N–H and O–H groups in total. The van der Waals surface area contributed by atoms with Gasteiger partial charge in [-0.2, -0.15) is 13.2 Å². The first-order valence-corrected chi connectivity index (χ1v) is 8.01. The number of fused-ring (bicyclic) bond motifs is 1. The van der Waals surface area contributed by atoms with Crippen LogP contribution in [0.15, 0.2) is 23.7 Å². The van der Waals surface area contributed by atoms with Gasteiger partial charge in [-0.25, -0.2) is 0 Å². The largest absolute Gasteiger partial charge is 0.389 e. The van der Waals surface area contributed by atoms with Crippen LogP contribution in [0.2, 0.25) is 0 Å². The smallest absolute Gasteiger partial charge is 0.310 e. The van der Waals surface area contributed by atoms with Crippen molar-refractivity contribution in [3.63, 3.8) is 0 Å². The molecule has 0 aromatic carbocycles. The third kappa shape index (κ3) is 4.97. The molecule has 2 nitrogen and oxygen atoms in total. The topological polar surface area (TPSA) is 24.9 Å². The molecule has 116 valence electrons. The number of thiophene rings is 1. The maximum absolute atomic E-state index is 12.3. The summed E-state index contributed by atoms with van der Waals surface area (Å²) in [5, 5.41) is 5.30. The Bertz CT molecular complexity index is 565. The number of halogens is 3. The lowest BCUT2D eigenvalue weighted by molar-refractivity contribution is -0.135. The van der Waals surface area contributed by atoms with Gasteiger partial charge in [0.2, 0.25) is 0 Å². The summed E-state index contributed by atoms with van der Waals surface area (Å²) in [6, 6.07) is 3.92. The molecule has 0 saturated carbocycles. The van der Waals surface area contributed by atoms with E-state index < -0.39 is 12.6 Å². The van der Waals surface area contributed by atoms with Gasteiger partial charge in [0.1, 0.15) is 0 Å². The minimum atomic E-state index is -4.08. The van der Waals surface area contributed by atoms with E-state index in [4.69, 9.17) is 0 Å². The van der Waals surface area contributed by atoms with Crippen LogP contribution in [0.5, 0.6) is 0 Å². The maximum atomic E-state index is 12.3. The van der Waals surface area contributed by atoms with Gasteiger partial charge in [0, 0.05) is 18.7 Å². The van der Waals surface area contributed by atoms with Crippen LogP contribution in [0.1, 0.15) is 44.2 Å². The van der Waals surface area contributed by atoms with E-state index >= 15 is 0 Å². The standard InChI is InChI=1S/C15H19F3N2S/c1-2-7-19-12(4-3-6-15(16,17)18)11-9-14-13(20-10-11)5-8-21-14/h5,8-10,12,19H,2-4,6-7H2,1H3. The number of alkyl halides is 3. The first-order valence-electron chi connectivity index (χ1n) is 7.13. The van der Waals surface area contributed by atoms with Crippen molar-refractivity contribution in [2.45, 2.75) is 44.8 Å². The third-order valence-corrected chi connectivity index (χ3v) is 4.17. The fraction of sp³-hybridized carbons (Fsp3) is 0.533. The summed E-state index contributed by atoms with van der Waals surface area (Å²) in [5.74, 6) is 0. The number of hydrogen-bond donors (Lipinski definition) is 1. The zero-order chi connectivity index (χ0) is 15.3. The van der Waals surface area contributed by atoms with Crippen LogP contribution in [-0.4, -0.2) is 17.7 Å². The fourth-order valence-corrected chi connectivity index (χ4v) is 3.05. The van der Waals surface area contributed by atoms with E-state index in [2.05, 4.69) is 10.3 Å². The average molecular weight is 316 g/mol. The Kier molecular flexibility index (Phi) is 5.58. The van der Waals surface area contributed by atoms with E-state index in [-0.39, 0.29) is 12.5 Å². The first kappa shape index (κ1) is 16.2. The van der Waals surface area contributed by atoms with Gasteiger partial charge in [-0.1, -0.05) is 6.92 Å². The first-order chi connectivity index (χ1) is 9.99. The molecule has 6 heteroatoms. The van der Waals surface area contributed by atoms with Crippen molar-refractivity contribution in [1.82, 2.24) is 10.3 Å². The van der Waals surface area contributed by atoms with Crippen LogP contribution < -0.4 is 5.32 Å². The molecular weight excluding hydrogens is 297 g/mol. The minimum absolute atomic E-state index is 0.0636. The molecule has 2 aromatic rings. The van der Waals surface area contributed by atoms with E-state index in [1.165, 1.54) is 0 Å². The van der Waals surface area contributed by atoms with Crippen LogP contribution in [0.3, 0.4) is 0 Å². The SMILES string of the molecule is CCCNC(CCCC(F)(F)F)c1cnc2ccsc2c1. The van der Waals surface area contributed by atoms with Crippen molar-refractivity contribution in [2.75, 3.05) is 6.54 Å². The predicted octanol–water partition coefficient (Wildman–Crippen LogP) is 5.07. The quantitative estimate of drug-likeness (QED) is 0.771. The monoisotopic (exact) mass is 316 g/mol. The van der Waals surface area contributed by atoms with E-state index in [0.29, 0.717) is 6.42 Å². The summed E-state index contributed by atoms with van der Waals surface area (Å²) in [5.41, 5.74) is 1.91. The van der Waals surface area contributed by atoms with Gasteiger partial charge in [0.15, 0.2) is 0 Å². The normalized spacial score (nSPS) is 13.7. The van der Waals surface area contributed by atoms with Gasteiger partial charge in [-0.05, 0) is 48.9 Å². The molecule has 1 unspecified atom stereocenters. The second-order valence-corrected chi connectivity index (χ2v) is 6.03. The van der Waals surface area contributed by atoms with Crippen molar-refractivity contribution < 1.29 is 13.2 Å². The molecule has 2 aromatic heterocycles. The Morgan fingerprint density at radius 2 is 2.19 bits per heavy atom. The van der Waals surface area contributed by atoms with Crippen molar-refractivity contribution in [3.8, 4) is 0 Å². The van der Waals surface area contributed by atoms with Crippen molar-refractivity contribution >= 4 is 21.6 Å². The van der Waals surface area contributed by atoms with Gasteiger partial charge in [-0.3, -0.25) is 4.98 Å². The molecule has 21 heavy (non-hydrogen) atoms. The number of hydrogen-bond acceptors (Lipinski definition) is 3. The Morgan fingerprint density at radius 1 is 1.38 bits per heavy atom. The molecule has 0 amide bonds. The van der Waals surface area contributed by atoms with E-state index in [9.17, 15) is 13.2 Å². The molecule has 0 aliphatic carbocycles. The summed E-state index contributed by atoms with van der Waals surface area (Å²) >= 11 is 1.60. The van der Waals surface area contributed by atoms with Crippen LogP contribution in [-0.2, 0) is 0 Å². The molecule has 0 bridgehead atoms.